The van der Waals surface area contributed by atoms with Crippen molar-refractivity contribution in [2.24, 2.45) is 0 Å². The summed E-state index contributed by atoms with van der Waals surface area (Å²) >= 11 is 1.91. The zero-order valence-electron chi connectivity index (χ0n) is 11.5. The van der Waals surface area contributed by atoms with Crippen LogP contribution in [0.2, 0.25) is 0 Å². The molecule has 0 fully saturated rings. The van der Waals surface area contributed by atoms with Gasteiger partial charge >= 0.3 is 5.69 Å². The van der Waals surface area contributed by atoms with Crippen LogP contribution in [0.15, 0.2) is 40.5 Å². The van der Waals surface area contributed by atoms with E-state index in [9.17, 15) is 10.1 Å². The number of aromatic nitrogens is 2. The Morgan fingerprint density at radius 1 is 1.36 bits per heavy atom. The summed E-state index contributed by atoms with van der Waals surface area (Å²) in [5.74, 6) is 0.117. The Bertz CT molecular complexity index is 718. The molecule has 1 aromatic carbocycles. The fourth-order valence-corrected chi connectivity index (χ4v) is 2.60. The summed E-state index contributed by atoms with van der Waals surface area (Å²) in [4.78, 5) is 18.9. The first-order valence-corrected chi connectivity index (χ1v) is 8.14. The Morgan fingerprint density at radius 2 is 2.09 bits per heavy atom. The Kier molecular flexibility index (Phi) is 5.57. The lowest BCUT2D eigenvalue weighted by Crippen LogP contribution is -2.07. The maximum Gasteiger partial charge on any atom is 0.344 e. The zero-order chi connectivity index (χ0) is 15.9. The smallest absolute Gasteiger partial charge is 0.344 e. The molecule has 0 spiro atoms. The van der Waals surface area contributed by atoms with Crippen LogP contribution in [0.25, 0.3) is 0 Å². The van der Waals surface area contributed by atoms with Gasteiger partial charge in [-0.15, -0.1) is 0 Å². The van der Waals surface area contributed by atoms with E-state index in [4.69, 9.17) is 5.26 Å². The Morgan fingerprint density at radius 3 is 2.68 bits per heavy atom. The van der Waals surface area contributed by atoms with Crippen molar-refractivity contribution in [3.8, 4) is 5.40 Å². The van der Waals surface area contributed by atoms with E-state index in [1.54, 1.807) is 6.26 Å². The fourth-order valence-electron chi connectivity index (χ4n) is 1.69. The fraction of sp³-hybridized carbons (Fsp3) is 0.154. The summed E-state index contributed by atoms with van der Waals surface area (Å²) in [5.41, 5.74) is 0.691. The van der Waals surface area contributed by atoms with Crippen LogP contribution in [0, 0.1) is 20.8 Å². The summed E-state index contributed by atoms with van der Waals surface area (Å²) in [6.07, 6.45) is 1.77. The molecule has 2 aromatic rings. The molecule has 9 heteroatoms. The van der Waals surface area contributed by atoms with Crippen molar-refractivity contribution in [1.82, 2.24) is 9.97 Å². The van der Waals surface area contributed by atoms with E-state index in [2.05, 4.69) is 15.3 Å². The van der Waals surface area contributed by atoms with Crippen LogP contribution in [0.3, 0.4) is 0 Å². The molecule has 0 aliphatic rings. The van der Waals surface area contributed by atoms with Crippen LogP contribution < -0.4 is 5.32 Å². The Balaban J connectivity index is 2.37. The molecule has 0 aliphatic carbocycles. The summed E-state index contributed by atoms with van der Waals surface area (Å²) in [5, 5.41) is 25.3. The second-order valence-electron chi connectivity index (χ2n) is 4.00. The number of thiocyanates is 1. The van der Waals surface area contributed by atoms with Crippen molar-refractivity contribution in [2.45, 2.75) is 16.7 Å². The molecule has 0 unspecified atom stereocenters. The minimum Gasteiger partial charge on any atom is -0.360 e. The van der Waals surface area contributed by atoms with E-state index >= 15 is 0 Å². The molecule has 22 heavy (non-hydrogen) atoms. The molecule has 0 atom stereocenters. The summed E-state index contributed by atoms with van der Waals surface area (Å²) in [6, 6.07) is 9.47. The van der Waals surface area contributed by atoms with Gasteiger partial charge in [0.15, 0.2) is 10.2 Å². The van der Waals surface area contributed by atoms with Gasteiger partial charge in [-0.2, -0.15) is 10.2 Å². The number of rotatable bonds is 6. The highest BCUT2D eigenvalue weighted by atomic mass is 32.2. The van der Waals surface area contributed by atoms with Crippen LogP contribution in [0.1, 0.15) is 5.56 Å². The lowest BCUT2D eigenvalue weighted by atomic mass is 10.2. The van der Waals surface area contributed by atoms with Crippen molar-refractivity contribution >= 4 is 35.0 Å². The number of nitriles is 1. The quantitative estimate of drug-likeness (QED) is 0.214. The van der Waals surface area contributed by atoms with Crippen LogP contribution in [-0.2, 0) is 6.54 Å². The third-order valence-corrected chi connectivity index (χ3v) is 3.76. The molecule has 1 heterocycles. The maximum atomic E-state index is 11.3. The summed E-state index contributed by atoms with van der Waals surface area (Å²) in [7, 11) is 0. The first-order chi connectivity index (χ1) is 10.7. The van der Waals surface area contributed by atoms with E-state index in [1.165, 1.54) is 11.8 Å². The van der Waals surface area contributed by atoms with E-state index < -0.39 is 4.92 Å². The van der Waals surface area contributed by atoms with Crippen molar-refractivity contribution < 1.29 is 4.92 Å². The van der Waals surface area contributed by atoms with Crippen LogP contribution in [0.4, 0.5) is 11.5 Å². The van der Waals surface area contributed by atoms with Gasteiger partial charge in [0, 0.05) is 18.3 Å². The number of anilines is 1. The monoisotopic (exact) mass is 333 g/mol. The molecule has 112 valence electrons. The Labute approximate surface area is 135 Å². The van der Waals surface area contributed by atoms with E-state index in [0.29, 0.717) is 23.5 Å². The van der Waals surface area contributed by atoms with Gasteiger partial charge in [-0.3, -0.25) is 10.1 Å². The molecule has 0 amide bonds. The number of thioether (sulfide) groups is 2. The van der Waals surface area contributed by atoms with Gasteiger partial charge in [0.25, 0.3) is 0 Å². The normalized spacial score (nSPS) is 10.0. The molecule has 7 nitrogen and oxygen atoms in total. The molecular formula is C13H11N5O2S2. The van der Waals surface area contributed by atoms with Gasteiger partial charge in [-0.1, -0.05) is 42.1 Å². The van der Waals surface area contributed by atoms with Crippen molar-refractivity contribution in [3.05, 3.63) is 46.0 Å². The van der Waals surface area contributed by atoms with Crippen LogP contribution in [0.5, 0.6) is 0 Å². The summed E-state index contributed by atoms with van der Waals surface area (Å²) < 4.78 is 0. The molecular weight excluding hydrogens is 322 g/mol. The van der Waals surface area contributed by atoms with E-state index in [0.717, 1.165) is 5.56 Å². The van der Waals surface area contributed by atoms with Crippen molar-refractivity contribution in [3.63, 3.8) is 0 Å². The average Bonchev–Trinajstić information content (AvgIpc) is 2.53. The minimum absolute atomic E-state index is 0.0439. The number of benzene rings is 1. The number of hydrogen-bond acceptors (Lipinski definition) is 8. The van der Waals surface area contributed by atoms with Crippen molar-refractivity contribution in [1.29, 1.82) is 5.26 Å². The highest BCUT2D eigenvalue weighted by Gasteiger charge is 2.25. The van der Waals surface area contributed by atoms with Crippen LogP contribution >= 0.6 is 23.5 Å². The van der Waals surface area contributed by atoms with Crippen LogP contribution in [-0.4, -0.2) is 21.1 Å². The minimum atomic E-state index is -0.572. The van der Waals surface area contributed by atoms with Crippen molar-refractivity contribution in [2.75, 3.05) is 11.6 Å². The summed E-state index contributed by atoms with van der Waals surface area (Å²) in [6.45, 7) is 0.392. The van der Waals surface area contributed by atoms with E-state index in [-0.39, 0.29) is 16.5 Å². The average molecular weight is 333 g/mol. The largest absolute Gasteiger partial charge is 0.360 e. The highest BCUT2D eigenvalue weighted by molar-refractivity contribution is 8.03. The lowest BCUT2D eigenvalue weighted by molar-refractivity contribution is -0.387. The number of nitrogens with zero attached hydrogens (tertiary/aromatic N) is 4. The van der Waals surface area contributed by atoms with Gasteiger partial charge in [0.05, 0.1) is 4.92 Å². The second kappa shape index (κ2) is 7.63. The topological polar surface area (TPSA) is 105 Å². The molecule has 0 saturated carbocycles. The lowest BCUT2D eigenvalue weighted by Gasteiger charge is -2.09. The van der Waals surface area contributed by atoms with Gasteiger partial charge in [-0.05, 0) is 11.8 Å². The SMILES string of the molecule is CSc1nc(NCc2ccccc2)c([N+](=O)[O-])c(SC#N)n1. The number of nitro groups is 1. The highest BCUT2D eigenvalue weighted by Crippen LogP contribution is 2.34. The Hall–Kier alpha value is -2.31. The zero-order valence-corrected chi connectivity index (χ0v) is 13.1. The molecule has 1 aromatic heterocycles. The van der Waals surface area contributed by atoms with Gasteiger partial charge < -0.3 is 5.32 Å². The molecule has 2 rings (SSSR count). The van der Waals surface area contributed by atoms with Gasteiger partial charge in [-0.25, -0.2) is 4.98 Å². The van der Waals surface area contributed by atoms with Gasteiger partial charge in [0.1, 0.15) is 5.40 Å². The first-order valence-electron chi connectivity index (χ1n) is 6.10. The maximum absolute atomic E-state index is 11.3. The van der Waals surface area contributed by atoms with Gasteiger partial charge in [0.2, 0.25) is 5.82 Å². The second-order valence-corrected chi connectivity index (χ2v) is 5.55. The first kappa shape index (κ1) is 16.1. The molecule has 1 N–H and O–H groups in total. The predicted octanol–water partition coefficient (Wildman–Crippen LogP) is 3.29. The third-order valence-electron chi connectivity index (χ3n) is 2.64. The van der Waals surface area contributed by atoms with E-state index in [1.807, 2.05) is 35.7 Å². The molecule has 0 aliphatic heterocycles. The third kappa shape index (κ3) is 3.87. The predicted molar refractivity (Wildman–Crippen MR) is 85.7 cm³/mol. The number of hydrogen-bond donors (Lipinski definition) is 1. The molecule has 0 radical (unpaired) electrons. The molecule has 0 saturated heterocycles. The molecule has 0 bridgehead atoms. The standard InChI is InChI=1S/C13H11N5O2S2/c1-21-13-16-11(15-7-9-5-3-2-4-6-9)10(18(19)20)12(17-13)22-8-14/h2-6H,7H2,1H3,(H,15,16,17). The number of nitrogens with one attached hydrogen (secondary N) is 1.